The molecule has 8 fully saturated rings. The average Bonchev–Trinajstić information content (AvgIpc) is 3.61. The summed E-state index contributed by atoms with van der Waals surface area (Å²) in [6.07, 6.45) is 2.26. The van der Waals surface area contributed by atoms with E-state index in [0.717, 1.165) is 6.42 Å². The monoisotopic (exact) mass is 778 g/mol. The minimum absolute atomic E-state index is 0.0284. The second kappa shape index (κ2) is 12.7. The minimum Gasteiger partial charge on any atom is -0.458 e. The summed E-state index contributed by atoms with van der Waals surface area (Å²) in [5.41, 5.74) is -7.95. The molecule has 1 aromatic rings. The molecule has 4 saturated heterocycles. The largest absolute Gasteiger partial charge is 0.458 e. The van der Waals surface area contributed by atoms with E-state index in [1.807, 2.05) is 58.0 Å². The van der Waals surface area contributed by atoms with Crippen LogP contribution in [0.1, 0.15) is 86.1 Å². The van der Waals surface area contributed by atoms with Crippen LogP contribution in [0.25, 0.3) is 0 Å². The summed E-state index contributed by atoms with van der Waals surface area (Å²) < 4.78 is 39.8. The summed E-state index contributed by atoms with van der Waals surface area (Å²) >= 11 is 0. The van der Waals surface area contributed by atoms with Gasteiger partial charge in [-0.15, -0.1) is 0 Å². The predicted octanol–water partition coefficient (Wildman–Crippen LogP) is 4.07. The van der Waals surface area contributed by atoms with Crippen molar-refractivity contribution in [3.63, 3.8) is 0 Å². The molecule has 19 atom stereocenters. The number of hydrogen-bond acceptors (Lipinski definition) is 12. The highest BCUT2D eigenvalue weighted by Crippen LogP contribution is 2.75. The maximum Gasteiger partial charge on any atom is 0.331 e. The first-order chi connectivity index (χ1) is 26.3. The first-order valence-electron chi connectivity index (χ1n) is 20.7. The highest BCUT2D eigenvalue weighted by atomic mass is 16.9. The van der Waals surface area contributed by atoms with E-state index >= 15 is 0 Å². The molecule has 12 heteroatoms. The molecule has 9 aliphatic rings. The number of carbonyl (C=O) groups is 2. The Kier molecular flexibility index (Phi) is 8.78. The van der Waals surface area contributed by atoms with Crippen LogP contribution in [0.5, 0.6) is 0 Å². The van der Waals surface area contributed by atoms with E-state index < -0.39 is 100 Å². The number of epoxide rings is 1. The molecule has 4 aliphatic carbocycles. The molecule has 4 saturated carbocycles. The minimum atomic E-state index is -2.05. The molecule has 0 radical (unpaired) electrons. The number of ether oxygens (including phenoxy) is 6. The maximum atomic E-state index is 13.7. The fourth-order valence-corrected chi connectivity index (χ4v) is 13.0. The van der Waals surface area contributed by atoms with Crippen molar-refractivity contribution in [3.05, 3.63) is 60.2 Å². The van der Waals surface area contributed by atoms with Gasteiger partial charge in [0.25, 0.3) is 0 Å². The predicted molar refractivity (Wildman–Crippen MR) is 199 cm³/mol. The number of fused-ring (bicyclic) bond motifs is 3. The van der Waals surface area contributed by atoms with E-state index in [4.69, 9.17) is 28.4 Å². The fraction of sp³-hybridized carbons (Fsp3) is 0.727. The van der Waals surface area contributed by atoms with Gasteiger partial charge in [-0.2, -0.15) is 0 Å². The Hall–Kier alpha value is -2.68. The van der Waals surface area contributed by atoms with Gasteiger partial charge in [-0.1, -0.05) is 77.1 Å². The van der Waals surface area contributed by atoms with Gasteiger partial charge in [0.1, 0.15) is 47.3 Å². The lowest BCUT2D eigenvalue weighted by Crippen LogP contribution is -2.89. The molecule has 1 aromatic carbocycles. The number of hydrogen-bond donors (Lipinski definition) is 4. The van der Waals surface area contributed by atoms with E-state index in [1.54, 1.807) is 32.1 Å². The van der Waals surface area contributed by atoms with Crippen LogP contribution in [0.15, 0.2) is 54.6 Å². The zero-order chi connectivity index (χ0) is 40.0. The standard InChI is InChI=1S/C44H58O12/c1-22(2)19-32(46)51-29-15-11-12-16-31(45)52-34-23(3)20-30-41(34,49)38(47)40(7)36(53-40)33-37-43(50,39(6,48)21-26-17-18-28(29)24(26)4)35-25(5)42(30,33)56-44(54-35,55-37)27-13-9-8-10-14-27/h8-16,22-26,28-30,33-38,47-50H,17-21H2,1-7H3/b15-11+,16-12+. The summed E-state index contributed by atoms with van der Waals surface area (Å²) in [5.74, 6) is -5.65. The van der Waals surface area contributed by atoms with Crippen LogP contribution in [-0.2, 0) is 44.0 Å². The first-order valence-corrected chi connectivity index (χ1v) is 20.7. The van der Waals surface area contributed by atoms with Crippen molar-refractivity contribution in [2.75, 3.05) is 0 Å². The van der Waals surface area contributed by atoms with Gasteiger partial charge in [0.2, 0.25) is 0 Å². The van der Waals surface area contributed by atoms with Crippen molar-refractivity contribution < 1.29 is 58.4 Å². The van der Waals surface area contributed by atoms with Gasteiger partial charge in [-0.05, 0) is 69.3 Å². The Morgan fingerprint density at radius 1 is 0.946 bits per heavy atom. The maximum absolute atomic E-state index is 13.7. The van der Waals surface area contributed by atoms with Gasteiger partial charge in [0, 0.05) is 41.7 Å². The van der Waals surface area contributed by atoms with E-state index in [2.05, 4.69) is 6.92 Å². The van der Waals surface area contributed by atoms with Crippen LogP contribution in [0.2, 0.25) is 0 Å². The summed E-state index contributed by atoms with van der Waals surface area (Å²) in [7, 11) is 0. The normalized spacial score (nSPS) is 55.1. The molecule has 306 valence electrons. The molecule has 10 bridgehead atoms. The Balaban J connectivity index is 1.21. The molecule has 5 aliphatic heterocycles. The summed E-state index contributed by atoms with van der Waals surface area (Å²) in [6.45, 7) is 13.2. The van der Waals surface area contributed by atoms with Crippen molar-refractivity contribution in [1.82, 2.24) is 0 Å². The molecule has 56 heavy (non-hydrogen) atoms. The Bertz CT molecular complexity index is 1810. The SMILES string of the molecule is CC(C)CC(=O)OC1/C=C/C=C/C(=O)OC2C(C)CC3C2(O)C(O)C2(C)OC2C2C4OC5(c6ccccc6)OC(C(C)C23O5)C4(O)C(C)(O)CC2CCC1C2C. The van der Waals surface area contributed by atoms with E-state index in [1.165, 1.54) is 6.08 Å². The van der Waals surface area contributed by atoms with Crippen LogP contribution in [0.4, 0.5) is 0 Å². The molecule has 10 rings (SSSR count). The number of aliphatic hydroxyl groups excluding tert-OH is 1. The van der Waals surface area contributed by atoms with Gasteiger partial charge >= 0.3 is 17.9 Å². The lowest BCUT2D eigenvalue weighted by Gasteiger charge is -2.74. The van der Waals surface area contributed by atoms with Crippen molar-refractivity contribution in [2.24, 2.45) is 47.3 Å². The molecule has 0 amide bonds. The van der Waals surface area contributed by atoms with Gasteiger partial charge in [-0.3, -0.25) is 4.79 Å². The lowest BCUT2D eigenvalue weighted by atomic mass is 9.49. The third kappa shape index (κ3) is 5.06. The number of benzene rings is 1. The molecule has 12 nitrogen and oxygen atoms in total. The fourth-order valence-electron chi connectivity index (χ4n) is 13.0. The number of aliphatic hydroxyl groups is 4. The second-order valence-corrected chi connectivity index (χ2v) is 19.4. The molecular weight excluding hydrogens is 720 g/mol. The third-order valence-corrected chi connectivity index (χ3v) is 15.7. The Morgan fingerprint density at radius 3 is 2.38 bits per heavy atom. The number of esters is 2. The highest BCUT2D eigenvalue weighted by molar-refractivity contribution is 5.82. The number of rotatable bonds is 4. The van der Waals surface area contributed by atoms with Crippen molar-refractivity contribution in [1.29, 1.82) is 0 Å². The van der Waals surface area contributed by atoms with Crippen LogP contribution in [-0.4, -0.2) is 97.0 Å². The average molecular weight is 779 g/mol. The van der Waals surface area contributed by atoms with Crippen LogP contribution < -0.4 is 0 Å². The van der Waals surface area contributed by atoms with Gasteiger partial charge in [0.05, 0.1) is 17.3 Å². The molecule has 4 N–H and O–H groups in total. The van der Waals surface area contributed by atoms with Crippen LogP contribution in [0.3, 0.4) is 0 Å². The van der Waals surface area contributed by atoms with Gasteiger partial charge in [-0.25, -0.2) is 4.79 Å². The van der Waals surface area contributed by atoms with Crippen LogP contribution in [0, 0.1) is 47.3 Å². The van der Waals surface area contributed by atoms with Crippen LogP contribution >= 0.6 is 0 Å². The van der Waals surface area contributed by atoms with Crippen molar-refractivity contribution in [3.8, 4) is 0 Å². The zero-order valence-electron chi connectivity index (χ0n) is 33.4. The molecule has 19 unspecified atom stereocenters. The molecule has 1 spiro atoms. The smallest absolute Gasteiger partial charge is 0.331 e. The van der Waals surface area contributed by atoms with E-state index in [9.17, 15) is 30.0 Å². The van der Waals surface area contributed by atoms with Crippen molar-refractivity contribution >= 4 is 11.9 Å². The third-order valence-electron chi connectivity index (χ3n) is 15.7. The Labute approximate surface area is 328 Å². The number of allylic oxidation sites excluding steroid dienone is 2. The molecular formula is C44H58O12. The second-order valence-electron chi connectivity index (χ2n) is 19.4. The zero-order valence-corrected chi connectivity index (χ0v) is 33.4. The summed E-state index contributed by atoms with van der Waals surface area (Å²) in [4.78, 5) is 26.7. The topological polar surface area (TPSA) is 174 Å². The van der Waals surface area contributed by atoms with Gasteiger partial charge < -0.3 is 48.8 Å². The van der Waals surface area contributed by atoms with E-state index in [-0.39, 0.29) is 42.5 Å². The van der Waals surface area contributed by atoms with E-state index in [0.29, 0.717) is 18.4 Å². The van der Waals surface area contributed by atoms with Gasteiger partial charge in [0.15, 0.2) is 0 Å². The Morgan fingerprint density at radius 2 is 1.66 bits per heavy atom. The molecule has 5 heterocycles. The van der Waals surface area contributed by atoms with Crippen molar-refractivity contribution in [2.45, 2.75) is 151 Å². The highest BCUT2D eigenvalue weighted by Gasteiger charge is 2.90. The number of carbonyl (C=O) groups excluding carboxylic acids is 2. The summed E-state index contributed by atoms with van der Waals surface area (Å²) in [6, 6.07) is 9.19. The first kappa shape index (κ1) is 38.8. The quantitative estimate of drug-likeness (QED) is 0.256. The molecule has 0 aromatic heterocycles. The lowest BCUT2D eigenvalue weighted by molar-refractivity contribution is -0.595. The summed E-state index contributed by atoms with van der Waals surface area (Å²) in [5, 5.41) is 52.1.